The Morgan fingerprint density at radius 3 is 2.93 bits per heavy atom. The van der Waals surface area contributed by atoms with Crippen LogP contribution in [0.15, 0.2) is 12.3 Å². The van der Waals surface area contributed by atoms with E-state index in [9.17, 15) is 0 Å². The van der Waals surface area contributed by atoms with E-state index >= 15 is 0 Å². The van der Waals surface area contributed by atoms with Crippen molar-refractivity contribution < 1.29 is 0 Å². The average Bonchev–Trinajstić information content (AvgIpc) is 3.02. The van der Waals surface area contributed by atoms with Crippen LogP contribution >= 0.6 is 0 Å². The Balaban J connectivity index is 1.66. The molecule has 6 heteroatoms. The van der Waals surface area contributed by atoms with Crippen molar-refractivity contribution in [3.63, 3.8) is 0 Å². The number of hydrazine groups is 1. The summed E-state index contributed by atoms with van der Waals surface area (Å²) in [7, 11) is 0. The lowest BCUT2D eigenvalue weighted by Crippen LogP contribution is -2.38. The van der Waals surface area contributed by atoms with E-state index in [0.717, 1.165) is 0 Å². The number of aromatic nitrogens is 4. The van der Waals surface area contributed by atoms with Crippen LogP contribution in [0.1, 0.15) is 37.5 Å². The fourth-order valence-corrected chi connectivity index (χ4v) is 2.28. The lowest BCUT2D eigenvalue weighted by Gasteiger charge is -2.25. The number of aromatic amines is 1. The fourth-order valence-electron chi connectivity index (χ4n) is 2.28. The molecule has 1 aliphatic heterocycles. The van der Waals surface area contributed by atoms with Crippen molar-refractivity contribution in [3.05, 3.63) is 18.1 Å². The molecule has 2 aliphatic rings. The molecule has 2 heterocycles. The van der Waals surface area contributed by atoms with Crippen LogP contribution in [0.25, 0.3) is 0 Å². The van der Waals surface area contributed by atoms with Crippen molar-refractivity contribution in [1.29, 1.82) is 0 Å². The van der Waals surface area contributed by atoms with Crippen molar-refractivity contribution in [2.45, 2.75) is 37.8 Å². The van der Waals surface area contributed by atoms with E-state index in [-0.39, 0.29) is 6.04 Å². The highest BCUT2D eigenvalue weighted by atomic mass is 15.6. The maximum atomic E-state index is 3.97. The van der Waals surface area contributed by atoms with Gasteiger partial charge in [-0.2, -0.15) is 5.21 Å². The van der Waals surface area contributed by atoms with Gasteiger partial charge in [0, 0.05) is 12.2 Å². The molecule has 1 atom stereocenters. The van der Waals surface area contributed by atoms with Gasteiger partial charge in [-0.25, -0.2) is 5.43 Å². The predicted octanol–water partition coefficient (Wildman–Crippen LogP) is 0.517. The summed E-state index contributed by atoms with van der Waals surface area (Å²) in [5.74, 6) is 0.701. The minimum absolute atomic E-state index is 0.0735. The molecule has 0 saturated heterocycles. The molecule has 2 N–H and O–H groups in total. The largest absolute Gasteiger partial charge is 0.312 e. The van der Waals surface area contributed by atoms with Crippen LogP contribution in [-0.4, -0.2) is 31.7 Å². The van der Waals surface area contributed by atoms with Gasteiger partial charge in [-0.3, -0.25) is 0 Å². The number of H-pyrrole nitrogens is 1. The van der Waals surface area contributed by atoms with E-state index in [0.29, 0.717) is 11.9 Å². The molecule has 0 spiro atoms. The van der Waals surface area contributed by atoms with Gasteiger partial charge >= 0.3 is 0 Å². The molecule has 0 aromatic carbocycles. The molecule has 1 aromatic rings. The Hall–Kier alpha value is -1.43. The van der Waals surface area contributed by atoms with E-state index in [1.165, 1.54) is 25.7 Å². The molecule has 1 aromatic heterocycles. The third-order valence-corrected chi connectivity index (χ3v) is 3.09. The smallest absolute Gasteiger partial charge is 0.197 e. The van der Waals surface area contributed by atoms with Gasteiger partial charge in [-0.1, -0.05) is 18.1 Å². The molecular formula is C9H14N6. The van der Waals surface area contributed by atoms with Gasteiger partial charge in [0.15, 0.2) is 5.82 Å². The number of nitrogens with one attached hydrogen (secondary N) is 2. The van der Waals surface area contributed by atoms with Crippen molar-refractivity contribution >= 4 is 0 Å². The second-order valence-electron chi connectivity index (χ2n) is 4.06. The number of hydrogen-bond donors (Lipinski definition) is 2. The molecule has 15 heavy (non-hydrogen) atoms. The van der Waals surface area contributed by atoms with Crippen LogP contribution in [0.3, 0.4) is 0 Å². The third-order valence-electron chi connectivity index (χ3n) is 3.09. The van der Waals surface area contributed by atoms with Crippen LogP contribution in [0.4, 0.5) is 0 Å². The zero-order chi connectivity index (χ0) is 10.1. The number of rotatable bonds is 2. The van der Waals surface area contributed by atoms with Crippen molar-refractivity contribution in [2.24, 2.45) is 0 Å². The molecule has 1 fully saturated rings. The predicted molar refractivity (Wildman–Crippen MR) is 53.3 cm³/mol. The normalized spacial score (nSPS) is 26.7. The first-order valence-electron chi connectivity index (χ1n) is 5.39. The Labute approximate surface area is 87.7 Å². The molecule has 6 nitrogen and oxygen atoms in total. The Morgan fingerprint density at radius 2 is 2.20 bits per heavy atom. The van der Waals surface area contributed by atoms with Gasteiger partial charge in [0.1, 0.15) is 6.04 Å². The van der Waals surface area contributed by atoms with E-state index in [2.05, 4.69) is 43.3 Å². The average molecular weight is 206 g/mol. The zero-order valence-electron chi connectivity index (χ0n) is 8.43. The zero-order valence-corrected chi connectivity index (χ0v) is 8.43. The minimum atomic E-state index is 0.0735. The van der Waals surface area contributed by atoms with Crippen LogP contribution in [0, 0.1) is 0 Å². The standard InChI is InChI=1S/C9H14N6/c1-2-4-7(3-1)15-6-5-8(12-15)9-10-13-14-11-9/h5-8,12H,1-4H2,(H,10,11,13,14). The first-order chi connectivity index (χ1) is 7.43. The summed E-state index contributed by atoms with van der Waals surface area (Å²) in [5.41, 5.74) is 3.37. The topological polar surface area (TPSA) is 69.7 Å². The number of tetrazole rings is 1. The molecule has 1 aliphatic carbocycles. The van der Waals surface area contributed by atoms with Gasteiger partial charge in [0.05, 0.1) is 0 Å². The summed E-state index contributed by atoms with van der Waals surface area (Å²) in [5, 5.41) is 16.2. The molecule has 0 amide bonds. The maximum Gasteiger partial charge on any atom is 0.197 e. The van der Waals surface area contributed by atoms with Gasteiger partial charge in [-0.15, -0.1) is 10.2 Å². The Kier molecular flexibility index (Phi) is 2.13. The molecule has 80 valence electrons. The highest BCUT2D eigenvalue weighted by molar-refractivity contribution is 5.08. The van der Waals surface area contributed by atoms with Gasteiger partial charge < -0.3 is 5.01 Å². The van der Waals surface area contributed by atoms with Crippen LogP contribution < -0.4 is 5.43 Å². The van der Waals surface area contributed by atoms with Crippen LogP contribution in [-0.2, 0) is 0 Å². The van der Waals surface area contributed by atoms with Crippen molar-refractivity contribution in [3.8, 4) is 0 Å². The molecule has 3 rings (SSSR count). The Bertz CT molecular complexity index is 339. The molecule has 0 radical (unpaired) electrons. The monoisotopic (exact) mass is 206 g/mol. The van der Waals surface area contributed by atoms with Crippen molar-refractivity contribution in [1.82, 2.24) is 31.1 Å². The summed E-state index contributed by atoms with van der Waals surface area (Å²) >= 11 is 0. The van der Waals surface area contributed by atoms with E-state index in [1.807, 2.05) is 0 Å². The first-order valence-corrected chi connectivity index (χ1v) is 5.39. The van der Waals surface area contributed by atoms with Gasteiger partial charge in [-0.05, 0) is 18.9 Å². The van der Waals surface area contributed by atoms with Gasteiger partial charge in [0.25, 0.3) is 0 Å². The Morgan fingerprint density at radius 1 is 1.33 bits per heavy atom. The lowest BCUT2D eigenvalue weighted by molar-refractivity contribution is 0.200. The molecule has 1 unspecified atom stereocenters. The summed E-state index contributed by atoms with van der Waals surface area (Å²) in [6, 6.07) is 0.711. The summed E-state index contributed by atoms with van der Waals surface area (Å²) < 4.78 is 0. The fraction of sp³-hybridized carbons (Fsp3) is 0.667. The summed E-state index contributed by atoms with van der Waals surface area (Å²) in [4.78, 5) is 0. The maximum absolute atomic E-state index is 3.97. The van der Waals surface area contributed by atoms with Gasteiger partial charge in [0.2, 0.25) is 0 Å². The number of nitrogens with zero attached hydrogens (tertiary/aromatic N) is 4. The molecular weight excluding hydrogens is 192 g/mol. The quantitative estimate of drug-likeness (QED) is 0.738. The SMILES string of the molecule is C1=CN(C2CCCC2)NC1c1nn[nH]n1. The highest BCUT2D eigenvalue weighted by Crippen LogP contribution is 2.26. The van der Waals surface area contributed by atoms with Crippen LogP contribution in [0.2, 0.25) is 0 Å². The molecule has 0 bridgehead atoms. The van der Waals surface area contributed by atoms with Crippen molar-refractivity contribution in [2.75, 3.05) is 0 Å². The van der Waals surface area contributed by atoms with E-state index in [1.54, 1.807) is 0 Å². The highest BCUT2D eigenvalue weighted by Gasteiger charge is 2.27. The third kappa shape index (κ3) is 1.61. The second kappa shape index (κ2) is 3.62. The summed E-state index contributed by atoms with van der Waals surface area (Å²) in [6.07, 6.45) is 9.39. The van der Waals surface area contributed by atoms with Crippen LogP contribution in [0.5, 0.6) is 0 Å². The molecule has 1 saturated carbocycles. The van der Waals surface area contributed by atoms with E-state index < -0.39 is 0 Å². The van der Waals surface area contributed by atoms with E-state index in [4.69, 9.17) is 0 Å². The summed E-state index contributed by atoms with van der Waals surface area (Å²) in [6.45, 7) is 0. The first kappa shape index (κ1) is 8.84. The lowest BCUT2D eigenvalue weighted by atomic mass is 10.2. The number of hydrogen-bond acceptors (Lipinski definition) is 5. The second-order valence-corrected chi connectivity index (χ2v) is 4.06. The minimum Gasteiger partial charge on any atom is -0.312 e.